The summed E-state index contributed by atoms with van der Waals surface area (Å²) >= 11 is 0. The Morgan fingerprint density at radius 1 is 0.950 bits per heavy atom. The lowest BCUT2D eigenvalue weighted by atomic mass is 10.1. The van der Waals surface area contributed by atoms with Crippen LogP contribution in [0.2, 0.25) is 0 Å². The predicted molar refractivity (Wildman–Crippen MR) is 153 cm³/mol. The maximum absolute atomic E-state index is 13.8. The number of amides is 2. The highest BCUT2D eigenvalue weighted by atomic mass is 32.2. The van der Waals surface area contributed by atoms with Gasteiger partial charge in [-0.3, -0.25) is 13.9 Å². The zero-order valence-electron chi connectivity index (χ0n) is 23.0. The first-order valence-electron chi connectivity index (χ1n) is 13.3. The topological polar surface area (TPSA) is 96.0 Å². The van der Waals surface area contributed by atoms with Gasteiger partial charge in [0.2, 0.25) is 11.8 Å². The molecule has 0 aromatic heterocycles. The quantitative estimate of drug-likeness (QED) is 0.310. The van der Waals surface area contributed by atoms with Crippen LogP contribution in [0, 0.1) is 5.82 Å². The third-order valence-corrected chi connectivity index (χ3v) is 8.11. The summed E-state index contributed by atoms with van der Waals surface area (Å²) < 4.78 is 47.7. The number of halogens is 1. The number of sulfonamides is 1. The molecule has 2 amide bonds. The molecule has 1 atom stereocenters. The van der Waals surface area contributed by atoms with Crippen molar-refractivity contribution in [2.75, 3.05) is 30.5 Å². The van der Waals surface area contributed by atoms with Crippen molar-refractivity contribution in [3.05, 3.63) is 90.2 Å². The Kier molecular flexibility index (Phi) is 11.1. The fourth-order valence-electron chi connectivity index (χ4n) is 4.10. The largest absolute Gasteiger partial charge is 0.494 e. The van der Waals surface area contributed by atoms with Crippen LogP contribution < -0.4 is 14.4 Å². The summed E-state index contributed by atoms with van der Waals surface area (Å²) in [6, 6.07) is 19.4. The number of anilines is 1. The lowest BCUT2D eigenvalue weighted by molar-refractivity contribution is -0.138. The van der Waals surface area contributed by atoms with E-state index in [9.17, 15) is 22.4 Å². The van der Waals surface area contributed by atoms with Gasteiger partial charge in [0, 0.05) is 13.1 Å². The highest BCUT2D eigenvalue weighted by molar-refractivity contribution is 7.92. The van der Waals surface area contributed by atoms with Gasteiger partial charge in [-0.1, -0.05) is 37.3 Å². The average molecular weight is 570 g/mol. The van der Waals surface area contributed by atoms with Crippen LogP contribution in [0.5, 0.6) is 5.75 Å². The second kappa shape index (κ2) is 14.5. The van der Waals surface area contributed by atoms with E-state index >= 15 is 0 Å². The maximum atomic E-state index is 13.8. The molecule has 0 aliphatic heterocycles. The Hall–Kier alpha value is -3.92. The molecule has 40 heavy (non-hydrogen) atoms. The smallest absolute Gasteiger partial charge is 0.264 e. The minimum atomic E-state index is -4.25. The molecule has 8 nitrogen and oxygen atoms in total. The Morgan fingerprint density at radius 2 is 1.60 bits per heavy atom. The fraction of sp³-hybridized carbons (Fsp3) is 0.333. The van der Waals surface area contributed by atoms with Crippen molar-refractivity contribution in [3.8, 4) is 5.75 Å². The number of ether oxygens (including phenoxy) is 1. The average Bonchev–Trinajstić information content (AvgIpc) is 2.96. The lowest BCUT2D eigenvalue weighted by Gasteiger charge is -2.32. The van der Waals surface area contributed by atoms with Crippen LogP contribution in [-0.2, 0) is 26.0 Å². The number of nitrogens with one attached hydrogen (secondary N) is 1. The minimum absolute atomic E-state index is 0.0577. The molecule has 1 unspecified atom stereocenters. The number of hydrogen-bond donors (Lipinski definition) is 1. The zero-order chi connectivity index (χ0) is 29.1. The highest BCUT2D eigenvalue weighted by Crippen LogP contribution is 2.26. The molecule has 1 N–H and O–H groups in total. The first-order chi connectivity index (χ1) is 19.2. The summed E-state index contributed by atoms with van der Waals surface area (Å²) in [4.78, 5) is 28.0. The monoisotopic (exact) mass is 569 g/mol. The molecule has 0 radical (unpaired) electrons. The molecule has 214 valence electrons. The molecule has 0 heterocycles. The van der Waals surface area contributed by atoms with Gasteiger partial charge in [0.25, 0.3) is 10.0 Å². The molecule has 0 aliphatic rings. The predicted octanol–water partition coefficient (Wildman–Crippen LogP) is 4.41. The SMILES string of the molecule is CCCNC(=O)C(C)N(CCc1ccccc1)C(=O)CN(c1ccc(F)cc1)S(=O)(=O)c1ccc(OCC)cc1. The molecule has 3 rings (SSSR count). The van der Waals surface area contributed by atoms with Crippen molar-refractivity contribution in [3.63, 3.8) is 0 Å². The molecule has 0 aliphatic carbocycles. The van der Waals surface area contributed by atoms with Crippen molar-refractivity contribution in [1.82, 2.24) is 10.2 Å². The fourth-order valence-corrected chi connectivity index (χ4v) is 5.52. The van der Waals surface area contributed by atoms with E-state index in [1.165, 1.54) is 41.3 Å². The van der Waals surface area contributed by atoms with E-state index in [1.807, 2.05) is 44.2 Å². The molecule has 0 spiro atoms. The summed E-state index contributed by atoms with van der Waals surface area (Å²) in [5.74, 6) is -0.927. The molecule has 10 heteroatoms. The van der Waals surface area contributed by atoms with Crippen LogP contribution in [0.3, 0.4) is 0 Å². The van der Waals surface area contributed by atoms with Gasteiger partial charge in [-0.05, 0) is 80.8 Å². The second-order valence-electron chi connectivity index (χ2n) is 9.18. The first-order valence-corrected chi connectivity index (χ1v) is 14.7. The Labute approximate surface area is 235 Å². The number of hydrogen-bond acceptors (Lipinski definition) is 5. The molecule has 0 fully saturated rings. The summed E-state index contributed by atoms with van der Waals surface area (Å²) in [6.07, 6.45) is 1.20. The number of benzene rings is 3. The van der Waals surface area contributed by atoms with Crippen LogP contribution >= 0.6 is 0 Å². The van der Waals surface area contributed by atoms with Gasteiger partial charge in [-0.15, -0.1) is 0 Å². The molecular formula is C30H36FN3O5S. The van der Waals surface area contributed by atoms with Crippen LogP contribution in [0.25, 0.3) is 0 Å². The van der Waals surface area contributed by atoms with Crippen LogP contribution in [0.15, 0.2) is 83.8 Å². The molecule has 0 saturated heterocycles. The van der Waals surface area contributed by atoms with Gasteiger partial charge in [0.15, 0.2) is 0 Å². The van der Waals surface area contributed by atoms with Crippen molar-refractivity contribution in [1.29, 1.82) is 0 Å². The van der Waals surface area contributed by atoms with Gasteiger partial charge in [-0.2, -0.15) is 0 Å². The van der Waals surface area contributed by atoms with E-state index in [0.29, 0.717) is 25.3 Å². The zero-order valence-corrected chi connectivity index (χ0v) is 23.9. The van der Waals surface area contributed by atoms with E-state index in [2.05, 4.69) is 5.32 Å². The Balaban J connectivity index is 1.95. The minimum Gasteiger partial charge on any atom is -0.494 e. The van der Waals surface area contributed by atoms with Gasteiger partial charge in [-0.25, -0.2) is 12.8 Å². The number of rotatable bonds is 14. The maximum Gasteiger partial charge on any atom is 0.264 e. The third kappa shape index (κ3) is 8.05. The molecule has 3 aromatic carbocycles. The Morgan fingerprint density at radius 3 is 2.20 bits per heavy atom. The van der Waals surface area contributed by atoms with Gasteiger partial charge in [0.05, 0.1) is 17.2 Å². The molecule has 0 saturated carbocycles. The van der Waals surface area contributed by atoms with E-state index < -0.39 is 34.3 Å². The standard InChI is InChI=1S/C30H36FN3O5S/c1-4-20-32-30(36)23(3)33(21-19-24-9-7-6-8-10-24)29(35)22-34(26-13-11-25(31)12-14-26)40(37,38)28-17-15-27(16-18-28)39-5-2/h6-18,23H,4-5,19-22H2,1-3H3,(H,32,36). The number of carbonyl (C=O) groups excluding carboxylic acids is 2. The lowest BCUT2D eigenvalue weighted by Crippen LogP contribution is -2.52. The van der Waals surface area contributed by atoms with E-state index in [0.717, 1.165) is 28.4 Å². The highest BCUT2D eigenvalue weighted by Gasteiger charge is 2.32. The molecule has 3 aromatic rings. The normalized spacial score (nSPS) is 11.9. The van der Waals surface area contributed by atoms with E-state index in [4.69, 9.17) is 4.74 Å². The number of carbonyl (C=O) groups is 2. The second-order valence-corrected chi connectivity index (χ2v) is 11.0. The van der Waals surface area contributed by atoms with Gasteiger partial charge >= 0.3 is 0 Å². The van der Waals surface area contributed by atoms with Gasteiger partial charge < -0.3 is 15.0 Å². The summed E-state index contributed by atoms with van der Waals surface area (Å²) in [5.41, 5.74) is 1.09. The van der Waals surface area contributed by atoms with E-state index in [-0.39, 0.29) is 23.0 Å². The van der Waals surface area contributed by atoms with Crippen molar-refractivity contribution < 1.29 is 27.1 Å². The van der Waals surface area contributed by atoms with Crippen molar-refractivity contribution >= 4 is 27.5 Å². The van der Waals surface area contributed by atoms with Crippen LogP contribution in [0.4, 0.5) is 10.1 Å². The van der Waals surface area contributed by atoms with E-state index in [1.54, 1.807) is 6.92 Å². The molecule has 0 bridgehead atoms. The first kappa shape index (κ1) is 30.6. The summed E-state index contributed by atoms with van der Waals surface area (Å²) in [7, 11) is -4.25. The summed E-state index contributed by atoms with van der Waals surface area (Å²) in [6.45, 7) is 5.86. The Bertz CT molecular complexity index is 1350. The van der Waals surface area contributed by atoms with Crippen LogP contribution in [-0.4, -0.2) is 57.4 Å². The molecular weight excluding hydrogens is 533 g/mol. The van der Waals surface area contributed by atoms with Crippen molar-refractivity contribution in [2.24, 2.45) is 0 Å². The van der Waals surface area contributed by atoms with Crippen LogP contribution in [0.1, 0.15) is 32.8 Å². The summed E-state index contributed by atoms with van der Waals surface area (Å²) in [5, 5.41) is 2.81. The third-order valence-electron chi connectivity index (χ3n) is 6.32. The van der Waals surface area contributed by atoms with Gasteiger partial charge in [0.1, 0.15) is 24.2 Å². The number of nitrogens with zero attached hydrogens (tertiary/aromatic N) is 2. The van der Waals surface area contributed by atoms with Crippen molar-refractivity contribution in [2.45, 2.75) is 44.6 Å².